The van der Waals surface area contributed by atoms with Crippen LogP contribution in [0.1, 0.15) is 33.1 Å². The Morgan fingerprint density at radius 3 is 2.25 bits per heavy atom. The molecule has 3 atom stereocenters. The van der Waals surface area contributed by atoms with Gasteiger partial charge < -0.3 is 38.3 Å². The summed E-state index contributed by atoms with van der Waals surface area (Å²) in [4.78, 5) is 50.4. The molecule has 0 saturated carbocycles. The van der Waals surface area contributed by atoms with Gasteiger partial charge in [0.05, 0.1) is 12.6 Å². The van der Waals surface area contributed by atoms with E-state index in [0.717, 1.165) is 0 Å². The monoisotopic (exact) mass is 401 g/mol. The maximum atomic E-state index is 12.4. The molecule has 12 nitrogen and oxygen atoms in total. The predicted molar refractivity (Wildman–Crippen MR) is 103 cm³/mol. The molecule has 0 aliphatic carbocycles. The minimum atomic E-state index is -1.20. The van der Waals surface area contributed by atoms with Crippen molar-refractivity contribution in [2.45, 2.75) is 45.2 Å². The van der Waals surface area contributed by atoms with Crippen LogP contribution in [-0.2, 0) is 19.2 Å². The van der Waals surface area contributed by atoms with E-state index in [1.807, 2.05) is 6.92 Å². The zero-order valence-electron chi connectivity index (χ0n) is 16.2. The first-order valence-corrected chi connectivity index (χ1v) is 8.96. The highest BCUT2D eigenvalue weighted by Gasteiger charge is 2.28. The average Bonchev–Trinajstić information content (AvgIpc) is 2.64. The van der Waals surface area contributed by atoms with E-state index in [0.29, 0.717) is 25.8 Å². The van der Waals surface area contributed by atoms with Crippen molar-refractivity contribution in [1.82, 2.24) is 16.0 Å². The van der Waals surface area contributed by atoms with E-state index in [9.17, 15) is 19.2 Å². The zero-order valence-corrected chi connectivity index (χ0v) is 16.2. The van der Waals surface area contributed by atoms with Crippen LogP contribution < -0.4 is 33.2 Å². The summed E-state index contributed by atoms with van der Waals surface area (Å²) in [6.45, 7) is 3.02. The molecule has 3 amide bonds. The molecular formula is C16H31N7O5. The molecule has 0 radical (unpaired) electrons. The molecule has 0 aromatic carbocycles. The number of nitrogens with one attached hydrogen (secondary N) is 3. The van der Waals surface area contributed by atoms with Gasteiger partial charge in [0.2, 0.25) is 17.7 Å². The van der Waals surface area contributed by atoms with Gasteiger partial charge in [-0.15, -0.1) is 0 Å². The van der Waals surface area contributed by atoms with Gasteiger partial charge in [-0.3, -0.25) is 24.2 Å². The Hall–Kier alpha value is -2.89. The van der Waals surface area contributed by atoms with Gasteiger partial charge in [0.15, 0.2) is 5.96 Å². The van der Waals surface area contributed by atoms with Crippen molar-refractivity contribution in [2.24, 2.45) is 28.1 Å². The van der Waals surface area contributed by atoms with Crippen molar-refractivity contribution < 1.29 is 24.3 Å². The Balaban J connectivity index is 4.65. The Labute approximate surface area is 163 Å². The molecule has 3 unspecified atom stereocenters. The number of hydrogen-bond acceptors (Lipinski definition) is 6. The third kappa shape index (κ3) is 11.0. The van der Waals surface area contributed by atoms with Gasteiger partial charge in [-0.2, -0.15) is 0 Å². The van der Waals surface area contributed by atoms with Crippen LogP contribution in [0.15, 0.2) is 4.99 Å². The van der Waals surface area contributed by atoms with Crippen molar-refractivity contribution in [3.8, 4) is 0 Å². The predicted octanol–water partition coefficient (Wildman–Crippen LogP) is -2.78. The van der Waals surface area contributed by atoms with E-state index in [-0.39, 0.29) is 11.9 Å². The smallest absolute Gasteiger partial charge is 0.322 e. The van der Waals surface area contributed by atoms with Gasteiger partial charge in [0.25, 0.3) is 0 Å². The molecule has 0 heterocycles. The Bertz CT molecular complexity index is 578. The van der Waals surface area contributed by atoms with Crippen LogP contribution in [0.5, 0.6) is 0 Å². The zero-order chi connectivity index (χ0) is 21.7. The molecule has 0 aliphatic rings. The summed E-state index contributed by atoms with van der Waals surface area (Å²) in [5, 5.41) is 15.6. The van der Waals surface area contributed by atoms with Gasteiger partial charge >= 0.3 is 5.97 Å². The van der Waals surface area contributed by atoms with Crippen LogP contribution in [0, 0.1) is 5.92 Å². The van der Waals surface area contributed by atoms with E-state index in [2.05, 4.69) is 20.9 Å². The highest BCUT2D eigenvalue weighted by Crippen LogP contribution is 2.09. The summed E-state index contributed by atoms with van der Waals surface area (Å²) in [5.41, 5.74) is 16.3. The highest BCUT2D eigenvalue weighted by molar-refractivity contribution is 5.92. The molecule has 0 aromatic rings. The third-order valence-corrected chi connectivity index (χ3v) is 3.96. The fraction of sp³-hybridized carbons (Fsp3) is 0.688. The van der Waals surface area contributed by atoms with Crippen LogP contribution in [0.2, 0.25) is 0 Å². The number of nitrogens with zero attached hydrogens (tertiary/aromatic N) is 1. The quantitative estimate of drug-likeness (QED) is 0.0970. The Morgan fingerprint density at radius 2 is 1.71 bits per heavy atom. The van der Waals surface area contributed by atoms with Crippen molar-refractivity contribution in [2.75, 3.05) is 19.6 Å². The SMILES string of the molecule is CCC(C)C(NC(=O)C(N)CCCN=C(N)N)C(=O)NCC(=O)NCC(=O)O. The molecule has 10 N–H and O–H groups in total. The Morgan fingerprint density at radius 1 is 1.07 bits per heavy atom. The van der Waals surface area contributed by atoms with E-state index < -0.39 is 48.9 Å². The largest absolute Gasteiger partial charge is 0.480 e. The maximum absolute atomic E-state index is 12.4. The topological polar surface area (TPSA) is 215 Å². The van der Waals surface area contributed by atoms with E-state index in [4.69, 9.17) is 22.3 Å². The average molecular weight is 401 g/mol. The van der Waals surface area contributed by atoms with Crippen LogP contribution in [0.25, 0.3) is 0 Å². The molecule has 0 saturated heterocycles. The van der Waals surface area contributed by atoms with Gasteiger partial charge in [0, 0.05) is 6.54 Å². The molecule has 12 heteroatoms. The lowest BCUT2D eigenvalue weighted by Gasteiger charge is -2.25. The minimum absolute atomic E-state index is 0.0427. The van der Waals surface area contributed by atoms with Crippen LogP contribution in [0.4, 0.5) is 0 Å². The standard InChI is InChI=1S/C16H31N7O5/c1-3-9(2)13(15(28)22-7-11(24)21-8-12(25)26)23-14(27)10(17)5-4-6-20-16(18)19/h9-10,13H,3-8,17H2,1-2H3,(H,21,24)(H,22,28)(H,23,27)(H,25,26)(H4,18,19,20). The molecule has 0 aromatic heterocycles. The number of guanidine groups is 1. The normalized spacial score (nSPS) is 13.5. The number of hydrogen-bond donors (Lipinski definition) is 7. The number of carbonyl (C=O) groups excluding carboxylic acids is 3. The summed E-state index contributed by atoms with van der Waals surface area (Å²) >= 11 is 0. The first-order chi connectivity index (χ1) is 13.1. The van der Waals surface area contributed by atoms with Gasteiger partial charge in [-0.25, -0.2) is 0 Å². The van der Waals surface area contributed by atoms with Gasteiger partial charge in [0.1, 0.15) is 12.6 Å². The molecule has 0 spiro atoms. The molecular weight excluding hydrogens is 370 g/mol. The second-order valence-electron chi connectivity index (χ2n) is 6.32. The summed E-state index contributed by atoms with van der Waals surface area (Å²) < 4.78 is 0. The minimum Gasteiger partial charge on any atom is -0.480 e. The molecule has 160 valence electrons. The van der Waals surface area contributed by atoms with Gasteiger partial charge in [-0.1, -0.05) is 20.3 Å². The van der Waals surface area contributed by atoms with Crippen LogP contribution >= 0.6 is 0 Å². The van der Waals surface area contributed by atoms with Crippen molar-refractivity contribution in [1.29, 1.82) is 0 Å². The summed E-state index contributed by atoms with van der Waals surface area (Å²) in [5.74, 6) is -3.15. The maximum Gasteiger partial charge on any atom is 0.322 e. The second kappa shape index (κ2) is 13.3. The van der Waals surface area contributed by atoms with E-state index in [1.165, 1.54) is 0 Å². The third-order valence-electron chi connectivity index (χ3n) is 3.96. The van der Waals surface area contributed by atoms with Crippen molar-refractivity contribution in [3.63, 3.8) is 0 Å². The first kappa shape index (κ1) is 25.1. The number of nitrogens with two attached hydrogens (primary N) is 3. The lowest BCUT2D eigenvalue weighted by atomic mass is 9.97. The molecule has 0 bridgehead atoms. The summed E-state index contributed by atoms with van der Waals surface area (Å²) in [7, 11) is 0. The first-order valence-electron chi connectivity index (χ1n) is 8.96. The molecule has 0 aliphatic heterocycles. The van der Waals surface area contributed by atoms with Crippen LogP contribution in [0.3, 0.4) is 0 Å². The van der Waals surface area contributed by atoms with Crippen molar-refractivity contribution in [3.05, 3.63) is 0 Å². The van der Waals surface area contributed by atoms with Crippen molar-refractivity contribution >= 4 is 29.7 Å². The number of carboxylic acids is 1. The van der Waals surface area contributed by atoms with Crippen LogP contribution in [-0.4, -0.2) is 66.5 Å². The number of carbonyl (C=O) groups is 4. The number of rotatable bonds is 13. The molecule has 0 rings (SSSR count). The summed E-state index contributed by atoms with van der Waals surface area (Å²) in [6, 6.07) is -1.72. The fourth-order valence-corrected chi connectivity index (χ4v) is 2.13. The Kier molecular flexibility index (Phi) is 11.9. The highest BCUT2D eigenvalue weighted by atomic mass is 16.4. The molecule has 0 fully saturated rings. The van der Waals surface area contributed by atoms with E-state index in [1.54, 1.807) is 6.92 Å². The lowest BCUT2D eigenvalue weighted by Crippen LogP contribution is -2.55. The second-order valence-corrected chi connectivity index (χ2v) is 6.32. The number of aliphatic imine (C=N–C) groups is 1. The number of aliphatic carboxylic acids is 1. The van der Waals surface area contributed by atoms with Gasteiger partial charge in [-0.05, 0) is 18.8 Å². The molecule has 28 heavy (non-hydrogen) atoms. The number of carboxylic acid groups (broad SMARTS) is 1. The number of amides is 3. The summed E-state index contributed by atoms with van der Waals surface area (Å²) in [6.07, 6.45) is 1.43. The van der Waals surface area contributed by atoms with E-state index >= 15 is 0 Å². The fourth-order valence-electron chi connectivity index (χ4n) is 2.13. The lowest BCUT2D eigenvalue weighted by molar-refractivity contribution is -0.138.